The zero-order valence-electron chi connectivity index (χ0n) is 31.7. The van der Waals surface area contributed by atoms with E-state index in [0.29, 0.717) is 52.5 Å². The van der Waals surface area contributed by atoms with E-state index in [1.54, 1.807) is 38.5 Å². The molecule has 282 valence electrons. The van der Waals surface area contributed by atoms with E-state index in [0.717, 1.165) is 28.3 Å². The van der Waals surface area contributed by atoms with Crippen LogP contribution in [0.4, 0.5) is 4.39 Å². The number of methoxy groups -OCH3 is 2. The Labute approximate surface area is 320 Å². The molecule has 8 nitrogen and oxygen atoms in total. The number of aromatic hydroxyl groups is 1. The van der Waals surface area contributed by atoms with Crippen molar-refractivity contribution in [2.24, 2.45) is 0 Å². The summed E-state index contributed by atoms with van der Waals surface area (Å²) in [4.78, 5) is 18.3. The second-order valence-electron chi connectivity index (χ2n) is 14.9. The summed E-state index contributed by atoms with van der Waals surface area (Å²) in [5.41, 5.74) is 4.39. The maximum atomic E-state index is 14.9. The average molecular weight is 757 g/mol. The fourth-order valence-electron chi connectivity index (χ4n) is 6.85. The van der Waals surface area contributed by atoms with Gasteiger partial charge in [0.05, 0.1) is 43.7 Å². The number of benzene rings is 5. The van der Waals surface area contributed by atoms with Gasteiger partial charge in [-0.25, -0.2) is 4.39 Å². The van der Waals surface area contributed by atoms with Crippen molar-refractivity contribution >= 4 is 29.7 Å². The molecule has 2 heterocycles. The molecule has 0 bridgehead atoms. The summed E-state index contributed by atoms with van der Waals surface area (Å²) in [6.07, 6.45) is 1.78. The van der Waals surface area contributed by atoms with Crippen LogP contribution in [0.25, 0.3) is 21.7 Å². The summed E-state index contributed by atoms with van der Waals surface area (Å²) in [7, 11) is 1.57. The zero-order valence-corrected chi connectivity index (χ0v) is 32.7. The van der Waals surface area contributed by atoms with Crippen LogP contribution in [0.2, 0.25) is 25.7 Å². The second kappa shape index (κ2) is 15.8. The van der Waals surface area contributed by atoms with Gasteiger partial charge in [-0.05, 0) is 65.1 Å². The first-order valence-corrected chi connectivity index (χ1v) is 22.0. The quantitative estimate of drug-likeness (QED) is 0.107. The van der Waals surface area contributed by atoms with Crippen molar-refractivity contribution in [3.8, 4) is 28.9 Å². The van der Waals surface area contributed by atoms with E-state index in [4.69, 9.17) is 18.9 Å². The molecule has 55 heavy (non-hydrogen) atoms. The van der Waals surface area contributed by atoms with Crippen LogP contribution in [0.15, 0.2) is 120 Å². The van der Waals surface area contributed by atoms with E-state index in [1.165, 1.54) is 16.7 Å². The topological polar surface area (TPSA) is 94.9 Å². The molecule has 0 atom stereocenters. The summed E-state index contributed by atoms with van der Waals surface area (Å²) in [5, 5.41) is 13.4. The molecule has 0 radical (unpaired) electrons. The highest BCUT2D eigenvalue weighted by atomic mass is 28.3. The van der Waals surface area contributed by atoms with Gasteiger partial charge in [0.25, 0.3) is 5.56 Å². The lowest BCUT2D eigenvalue weighted by Crippen LogP contribution is -2.23. The summed E-state index contributed by atoms with van der Waals surface area (Å²) >= 11 is 0. The molecule has 2 aromatic heterocycles. The lowest BCUT2D eigenvalue weighted by molar-refractivity contribution is 0.252. The van der Waals surface area contributed by atoms with E-state index >= 15 is 0 Å². The number of aromatic amines is 1. The number of nitrogens with one attached hydrogen (secondary N) is 1. The molecule has 0 spiro atoms. The number of hydrogen-bond donors (Lipinski definition) is 2. The van der Waals surface area contributed by atoms with E-state index < -0.39 is 19.7 Å². The summed E-state index contributed by atoms with van der Waals surface area (Å²) in [6, 6.07) is 34.3. The van der Waals surface area contributed by atoms with Gasteiger partial charge in [-0.15, -0.1) is 0 Å². The molecule has 0 fully saturated rings. The van der Waals surface area contributed by atoms with Gasteiger partial charge in [-0.3, -0.25) is 9.36 Å². The first-order chi connectivity index (χ1) is 26.5. The smallest absolute Gasteiger partial charge is 0.265 e. The Hall–Kier alpha value is -6.00. The Kier molecular flexibility index (Phi) is 10.7. The van der Waals surface area contributed by atoms with E-state index in [9.17, 15) is 14.3 Å². The van der Waals surface area contributed by atoms with Crippen LogP contribution in [-0.4, -0.2) is 43.6 Å². The molecule has 0 saturated heterocycles. The lowest BCUT2D eigenvalue weighted by atomic mass is 10.00. The molecule has 10 heteroatoms. The van der Waals surface area contributed by atoms with E-state index in [2.05, 4.69) is 24.6 Å². The van der Waals surface area contributed by atoms with Crippen LogP contribution in [-0.2, 0) is 13.0 Å². The minimum absolute atomic E-state index is 0.0109. The third-order valence-electron chi connectivity index (χ3n) is 9.80. The third-order valence-corrected chi connectivity index (χ3v) is 11.5. The number of hydrogen-bond acceptors (Lipinski definition) is 6. The normalized spacial score (nSPS) is 11.7. The third kappa shape index (κ3) is 7.95. The van der Waals surface area contributed by atoms with Crippen molar-refractivity contribution in [1.82, 2.24) is 9.55 Å². The van der Waals surface area contributed by atoms with Crippen LogP contribution in [0.1, 0.15) is 33.9 Å². The summed E-state index contributed by atoms with van der Waals surface area (Å²) in [6.45, 7) is 7.21. The van der Waals surface area contributed by atoms with Gasteiger partial charge in [-0.2, -0.15) is 0 Å². The maximum Gasteiger partial charge on any atom is 0.265 e. The van der Waals surface area contributed by atoms with Crippen molar-refractivity contribution in [2.75, 3.05) is 20.8 Å². The van der Waals surface area contributed by atoms with E-state index in [-0.39, 0.29) is 29.0 Å². The van der Waals surface area contributed by atoms with Gasteiger partial charge >= 0.3 is 0 Å². The molecule has 0 aliphatic heterocycles. The lowest BCUT2D eigenvalue weighted by Gasteiger charge is -2.23. The number of ether oxygens (including phenoxy) is 4. The van der Waals surface area contributed by atoms with Crippen LogP contribution in [0.5, 0.6) is 28.9 Å². The maximum absolute atomic E-state index is 14.9. The second-order valence-corrected chi connectivity index (χ2v) is 20.5. The van der Waals surface area contributed by atoms with Gasteiger partial charge in [0, 0.05) is 31.3 Å². The molecular formula is C45H45FN2O6Si. The van der Waals surface area contributed by atoms with Crippen molar-refractivity contribution in [2.45, 2.75) is 44.8 Å². The van der Waals surface area contributed by atoms with Crippen LogP contribution >= 0.6 is 0 Å². The van der Waals surface area contributed by atoms with E-state index in [1.807, 2.05) is 79.0 Å². The first-order valence-electron chi connectivity index (χ1n) is 18.3. The number of fused-ring (bicyclic) bond motifs is 2. The zero-order chi connectivity index (χ0) is 38.7. The van der Waals surface area contributed by atoms with Gasteiger partial charge in [0.15, 0.2) is 5.75 Å². The predicted molar refractivity (Wildman–Crippen MR) is 219 cm³/mol. The molecule has 5 aromatic carbocycles. The predicted octanol–water partition coefficient (Wildman–Crippen LogP) is 9.87. The molecule has 0 unspecified atom stereocenters. The minimum Gasteiger partial charge on any atom is -0.497 e. The van der Waals surface area contributed by atoms with Gasteiger partial charge in [0.2, 0.25) is 5.88 Å². The van der Waals surface area contributed by atoms with Crippen molar-refractivity contribution in [3.05, 3.63) is 159 Å². The fraction of sp³-hybridized carbons (Fsp3) is 0.222. The molecule has 0 amide bonds. The molecule has 2 N–H and O–H groups in total. The summed E-state index contributed by atoms with van der Waals surface area (Å²) in [5.74, 6) is 1.23. The highest BCUT2D eigenvalue weighted by molar-refractivity contribution is 6.76. The highest BCUT2D eigenvalue weighted by Gasteiger charge is 2.30. The summed E-state index contributed by atoms with van der Waals surface area (Å²) < 4.78 is 40.0. The Balaban J connectivity index is 1.50. The number of aromatic nitrogens is 2. The van der Waals surface area contributed by atoms with Gasteiger partial charge in [-0.1, -0.05) is 92.4 Å². The molecule has 7 aromatic rings. The monoisotopic (exact) mass is 756 g/mol. The molecule has 0 aliphatic carbocycles. The number of rotatable bonds is 14. The molecule has 0 aliphatic rings. The van der Waals surface area contributed by atoms with Crippen LogP contribution < -0.4 is 24.5 Å². The fourth-order valence-corrected chi connectivity index (χ4v) is 7.56. The first kappa shape index (κ1) is 37.3. The number of halogens is 1. The Morgan fingerprint density at radius 3 is 2.09 bits per heavy atom. The number of nitrogens with zero attached hydrogens (tertiary/aromatic N) is 1. The Morgan fingerprint density at radius 2 is 1.47 bits per heavy atom. The van der Waals surface area contributed by atoms with Crippen LogP contribution in [0.3, 0.4) is 0 Å². The molecule has 7 rings (SSSR count). The van der Waals surface area contributed by atoms with Crippen molar-refractivity contribution in [3.63, 3.8) is 0 Å². The number of pyridine rings is 1. The van der Waals surface area contributed by atoms with Gasteiger partial charge in [0.1, 0.15) is 29.2 Å². The Morgan fingerprint density at radius 1 is 0.800 bits per heavy atom. The molecule has 0 saturated carbocycles. The standard InChI is InChI=1S/C45H45FN2O6Si/c1-51-35-21-18-33(37(26-35)52-2)28-48-44(49)38-39(45(48)50)43(54-41(31-12-8-6-9-13-31)32-14-10-7-11-15-32)40-36(42(38)53-22-23-55(3,4)5)25-30(27-47-40)24-29-16-19-34(46)20-17-29/h6-21,25-27,41,47,50H,22-24,28H2,1-5H3. The Bertz CT molecular complexity index is 2450. The largest absolute Gasteiger partial charge is 0.497 e. The van der Waals surface area contributed by atoms with Crippen molar-refractivity contribution in [1.29, 1.82) is 0 Å². The minimum atomic E-state index is -1.55. The van der Waals surface area contributed by atoms with Crippen LogP contribution in [0, 0.1) is 5.82 Å². The molecular weight excluding hydrogens is 712 g/mol. The SMILES string of the molecule is COc1ccc(Cn2c(O)c3c(OC(c4ccccc4)c4ccccc4)c4[nH]cc(Cc5ccc(F)cc5)cc4c(OCC[Si](C)(C)C)c3c2=O)c(OC)c1. The highest BCUT2D eigenvalue weighted by Crippen LogP contribution is 2.47. The average Bonchev–Trinajstić information content (AvgIpc) is 3.43. The number of H-pyrrole nitrogens is 1. The van der Waals surface area contributed by atoms with Crippen molar-refractivity contribution < 1.29 is 28.4 Å². The van der Waals surface area contributed by atoms with Gasteiger partial charge < -0.3 is 29.0 Å².